The summed E-state index contributed by atoms with van der Waals surface area (Å²) in [5, 5.41) is 3.72. The van der Waals surface area contributed by atoms with Gasteiger partial charge < -0.3 is 14.2 Å². The van der Waals surface area contributed by atoms with Gasteiger partial charge in [0.2, 0.25) is 0 Å². The Labute approximate surface area is 105 Å². The van der Waals surface area contributed by atoms with Gasteiger partial charge in [-0.05, 0) is 0 Å². The van der Waals surface area contributed by atoms with Crippen molar-refractivity contribution in [2.45, 2.75) is 20.0 Å². The summed E-state index contributed by atoms with van der Waals surface area (Å²) in [6.45, 7) is 3.02. The summed E-state index contributed by atoms with van der Waals surface area (Å²) in [4.78, 5) is 25.2. The summed E-state index contributed by atoms with van der Waals surface area (Å²) in [6.07, 6.45) is 0.412. The van der Waals surface area contributed by atoms with Crippen molar-refractivity contribution in [3.63, 3.8) is 0 Å². The zero-order chi connectivity index (χ0) is 13.1. The highest BCUT2D eigenvalue weighted by Gasteiger charge is 2.28. The Kier molecular flexibility index (Phi) is 3.76. The van der Waals surface area contributed by atoms with Crippen molar-refractivity contribution in [2.24, 2.45) is 5.92 Å². The Morgan fingerprint density at radius 2 is 2.44 bits per heavy atom. The minimum absolute atomic E-state index is 0.104. The predicted octanol–water partition coefficient (Wildman–Crippen LogP) is 0.872. The molecule has 1 amide bonds. The molecule has 6 heteroatoms. The molecule has 1 fully saturated rings. The van der Waals surface area contributed by atoms with Crippen LogP contribution in [-0.4, -0.2) is 41.9 Å². The Morgan fingerprint density at radius 1 is 1.67 bits per heavy atom. The Morgan fingerprint density at radius 3 is 3.11 bits per heavy atom. The number of ketones is 1. The number of rotatable bonds is 3. The molecule has 0 aliphatic carbocycles. The molecule has 1 aliphatic rings. The van der Waals surface area contributed by atoms with E-state index in [1.54, 1.807) is 18.1 Å². The number of methoxy groups -OCH3 is 1. The molecular weight excluding hydrogens is 236 g/mol. The van der Waals surface area contributed by atoms with Gasteiger partial charge in [0, 0.05) is 38.6 Å². The van der Waals surface area contributed by atoms with Crippen LogP contribution in [0.5, 0.6) is 0 Å². The quantitative estimate of drug-likeness (QED) is 0.798. The third-order valence-corrected chi connectivity index (χ3v) is 3.02. The molecule has 1 aliphatic heterocycles. The van der Waals surface area contributed by atoms with E-state index in [0.29, 0.717) is 25.3 Å². The van der Waals surface area contributed by atoms with Gasteiger partial charge in [0.25, 0.3) is 5.91 Å². The molecule has 2 rings (SSSR count). The standard InChI is InChI=1S/C12H16N2O4/c1-8-6-14(4-3-11(8)15)12(16)10-5-9(7-17-2)18-13-10/h5,8H,3-4,6-7H2,1-2H3. The number of hydrogen-bond donors (Lipinski definition) is 0. The fourth-order valence-corrected chi connectivity index (χ4v) is 1.99. The van der Waals surface area contributed by atoms with Crippen molar-refractivity contribution in [2.75, 3.05) is 20.2 Å². The first-order valence-corrected chi connectivity index (χ1v) is 5.88. The molecule has 0 saturated carbocycles. The van der Waals surface area contributed by atoms with E-state index in [-0.39, 0.29) is 29.9 Å². The second kappa shape index (κ2) is 5.30. The topological polar surface area (TPSA) is 72.6 Å². The Hall–Kier alpha value is -1.69. The van der Waals surface area contributed by atoms with E-state index in [0.717, 1.165) is 0 Å². The summed E-state index contributed by atoms with van der Waals surface area (Å²) >= 11 is 0. The Balaban J connectivity index is 2.04. The van der Waals surface area contributed by atoms with Gasteiger partial charge in [-0.15, -0.1) is 0 Å². The van der Waals surface area contributed by atoms with Gasteiger partial charge in [0.1, 0.15) is 12.4 Å². The summed E-state index contributed by atoms with van der Waals surface area (Å²) in [5.74, 6) is 0.426. The van der Waals surface area contributed by atoms with Crippen LogP contribution in [0.3, 0.4) is 0 Å². The second-order valence-corrected chi connectivity index (χ2v) is 4.48. The number of Topliss-reactive ketones (excluding diaryl/α,β-unsaturated/α-hetero) is 1. The molecular formula is C12H16N2O4. The molecule has 98 valence electrons. The molecule has 1 unspecified atom stereocenters. The van der Waals surface area contributed by atoms with E-state index in [4.69, 9.17) is 9.26 Å². The molecule has 0 N–H and O–H groups in total. The number of amides is 1. The lowest BCUT2D eigenvalue weighted by Gasteiger charge is -2.29. The molecule has 1 saturated heterocycles. The van der Waals surface area contributed by atoms with E-state index in [1.165, 1.54) is 0 Å². The van der Waals surface area contributed by atoms with Crippen LogP contribution in [0.25, 0.3) is 0 Å². The fraction of sp³-hybridized carbons (Fsp3) is 0.583. The van der Waals surface area contributed by atoms with E-state index in [1.807, 2.05) is 6.92 Å². The van der Waals surface area contributed by atoms with Crippen molar-refractivity contribution >= 4 is 11.7 Å². The summed E-state index contributed by atoms with van der Waals surface area (Å²) in [5.41, 5.74) is 0.267. The van der Waals surface area contributed by atoms with Gasteiger partial charge >= 0.3 is 0 Å². The molecule has 0 bridgehead atoms. The average molecular weight is 252 g/mol. The highest BCUT2D eigenvalue weighted by Crippen LogP contribution is 2.15. The molecule has 18 heavy (non-hydrogen) atoms. The van der Waals surface area contributed by atoms with Crippen LogP contribution in [0.15, 0.2) is 10.6 Å². The van der Waals surface area contributed by atoms with Crippen molar-refractivity contribution < 1.29 is 18.8 Å². The maximum atomic E-state index is 12.1. The van der Waals surface area contributed by atoms with Gasteiger partial charge in [-0.2, -0.15) is 0 Å². The summed E-state index contributed by atoms with van der Waals surface area (Å²) < 4.78 is 9.87. The molecule has 1 aromatic heterocycles. The highest BCUT2D eigenvalue weighted by molar-refractivity contribution is 5.94. The number of carbonyl (C=O) groups is 2. The third-order valence-electron chi connectivity index (χ3n) is 3.02. The zero-order valence-corrected chi connectivity index (χ0v) is 10.5. The molecule has 0 aromatic carbocycles. The van der Waals surface area contributed by atoms with Crippen LogP contribution in [0.1, 0.15) is 29.6 Å². The van der Waals surface area contributed by atoms with Crippen LogP contribution < -0.4 is 0 Å². The maximum absolute atomic E-state index is 12.1. The van der Waals surface area contributed by atoms with Crippen molar-refractivity contribution in [3.05, 3.63) is 17.5 Å². The normalized spacial score (nSPS) is 20.2. The van der Waals surface area contributed by atoms with E-state index >= 15 is 0 Å². The number of nitrogens with zero attached hydrogens (tertiary/aromatic N) is 2. The molecule has 0 radical (unpaired) electrons. The summed E-state index contributed by atoms with van der Waals surface area (Å²) in [6, 6.07) is 1.58. The molecule has 6 nitrogen and oxygen atoms in total. The lowest BCUT2D eigenvalue weighted by molar-refractivity contribution is -0.124. The van der Waals surface area contributed by atoms with Crippen LogP contribution in [0.2, 0.25) is 0 Å². The zero-order valence-electron chi connectivity index (χ0n) is 10.5. The van der Waals surface area contributed by atoms with Crippen molar-refractivity contribution in [3.8, 4) is 0 Å². The SMILES string of the molecule is COCc1cc(C(=O)N2CCC(=O)C(C)C2)no1. The smallest absolute Gasteiger partial charge is 0.276 e. The number of likely N-dealkylation sites (tertiary alicyclic amines) is 1. The van der Waals surface area contributed by atoms with Gasteiger partial charge in [-0.25, -0.2) is 0 Å². The number of aromatic nitrogens is 1. The summed E-state index contributed by atoms with van der Waals surface area (Å²) in [7, 11) is 1.54. The molecule has 2 heterocycles. The van der Waals surface area contributed by atoms with E-state index < -0.39 is 0 Å². The largest absolute Gasteiger partial charge is 0.377 e. The number of ether oxygens (including phenoxy) is 1. The van der Waals surface area contributed by atoms with Gasteiger partial charge in [0.05, 0.1) is 0 Å². The van der Waals surface area contributed by atoms with E-state index in [9.17, 15) is 9.59 Å². The minimum Gasteiger partial charge on any atom is -0.377 e. The number of carbonyl (C=O) groups excluding carboxylic acids is 2. The van der Waals surface area contributed by atoms with Crippen LogP contribution in [0, 0.1) is 5.92 Å². The predicted molar refractivity (Wildman–Crippen MR) is 61.9 cm³/mol. The lowest BCUT2D eigenvalue weighted by atomic mass is 9.98. The molecule has 1 atom stereocenters. The fourth-order valence-electron chi connectivity index (χ4n) is 1.99. The first-order valence-electron chi connectivity index (χ1n) is 5.88. The number of hydrogen-bond acceptors (Lipinski definition) is 5. The van der Waals surface area contributed by atoms with Crippen molar-refractivity contribution in [1.82, 2.24) is 10.1 Å². The molecule has 0 spiro atoms. The van der Waals surface area contributed by atoms with Crippen molar-refractivity contribution in [1.29, 1.82) is 0 Å². The van der Waals surface area contributed by atoms with Crippen LogP contribution >= 0.6 is 0 Å². The molecule has 1 aromatic rings. The first kappa shape index (κ1) is 12.8. The van der Waals surface area contributed by atoms with Crippen LogP contribution in [0.4, 0.5) is 0 Å². The van der Waals surface area contributed by atoms with Gasteiger partial charge in [-0.1, -0.05) is 12.1 Å². The Bertz CT molecular complexity index is 455. The maximum Gasteiger partial charge on any atom is 0.276 e. The lowest BCUT2D eigenvalue weighted by Crippen LogP contribution is -2.43. The highest BCUT2D eigenvalue weighted by atomic mass is 16.5. The second-order valence-electron chi connectivity index (χ2n) is 4.48. The monoisotopic (exact) mass is 252 g/mol. The minimum atomic E-state index is -0.194. The average Bonchev–Trinajstić information content (AvgIpc) is 2.81. The first-order chi connectivity index (χ1) is 8.61. The number of piperidine rings is 1. The van der Waals surface area contributed by atoms with Gasteiger partial charge in [0.15, 0.2) is 11.5 Å². The van der Waals surface area contributed by atoms with Crippen LogP contribution in [-0.2, 0) is 16.1 Å². The van der Waals surface area contributed by atoms with Gasteiger partial charge in [-0.3, -0.25) is 9.59 Å². The van der Waals surface area contributed by atoms with E-state index in [2.05, 4.69) is 5.16 Å². The third kappa shape index (κ3) is 2.59.